The van der Waals surface area contributed by atoms with E-state index in [2.05, 4.69) is 82.0 Å². The molecule has 210 valence electrons. The number of amides is 1. The SMILES string of the molecule is CCC(OC(=O)Nc1ccccc1-c1cnc(-c2ccccc2)[nH]1)c1ccc(C(C)(C)CC)cc1C(C)(C)CC. The third-order valence-corrected chi connectivity index (χ3v) is 8.38. The summed E-state index contributed by atoms with van der Waals surface area (Å²) < 4.78 is 6.11. The maximum Gasteiger partial charge on any atom is 0.412 e. The van der Waals surface area contributed by atoms with E-state index in [1.54, 1.807) is 6.20 Å². The van der Waals surface area contributed by atoms with E-state index in [1.165, 1.54) is 11.1 Å². The number of hydrogen-bond acceptors (Lipinski definition) is 3. The van der Waals surface area contributed by atoms with E-state index in [0.717, 1.165) is 41.1 Å². The number of H-pyrrole nitrogens is 1. The van der Waals surface area contributed by atoms with Gasteiger partial charge in [0.2, 0.25) is 0 Å². The first-order valence-electron chi connectivity index (χ1n) is 14.4. The molecule has 0 radical (unpaired) electrons. The molecule has 4 aromatic rings. The second kappa shape index (κ2) is 12.1. The first-order chi connectivity index (χ1) is 19.1. The van der Waals surface area contributed by atoms with Crippen LogP contribution >= 0.6 is 0 Å². The largest absolute Gasteiger partial charge is 0.441 e. The fourth-order valence-corrected chi connectivity index (χ4v) is 4.90. The van der Waals surface area contributed by atoms with E-state index in [9.17, 15) is 4.79 Å². The Morgan fingerprint density at radius 2 is 1.57 bits per heavy atom. The smallest absolute Gasteiger partial charge is 0.412 e. The lowest BCUT2D eigenvalue weighted by Crippen LogP contribution is -2.25. The average molecular weight is 538 g/mol. The van der Waals surface area contributed by atoms with E-state index in [0.29, 0.717) is 12.1 Å². The summed E-state index contributed by atoms with van der Waals surface area (Å²) in [6.45, 7) is 15.6. The van der Waals surface area contributed by atoms with Crippen LogP contribution in [0.4, 0.5) is 10.5 Å². The summed E-state index contributed by atoms with van der Waals surface area (Å²) >= 11 is 0. The standard InChI is InChI=1S/C35H43N3O2/c1-8-31(26-21-20-25(34(4,5)9-2)22-28(26)35(6,7)10-3)40-33(39)38-29-19-15-14-18-27(29)30-23-36-32(37-30)24-16-12-11-13-17-24/h11-23,31H,8-10H2,1-7H3,(H,36,37)(H,38,39). The van der Waals surface area contributed by atoms with E-state index in [1.807, 2.05) is 54.6 Å². The molecule has 0 aliphatic heterocycles. The number of anilines is 1. The van der Waals surface area contributed by atoms with Crippen LogP contribution in [0.25, 0.3) is 22.6 Å². The highest BCUT2D eigenvalue weighted by molar-refractivity contribution is 5.91. The van der Waals surface area contributed by atoms with Crippen LogP contribution in [-0.4, -0.2) is 16.1 Å². The van der Waals surface area contributed by atoms with Gasteiger partial charge < -0.3 is 9.72 Å². The van der Waals surface area contributed by atoms with Gasteiger partial charge in [-0.15, -0.1) is 0 Å². The summed E-state index contributed by atoms with van der Waals surface area (Å²) in [6, 6.07) is 24.4. The molecular formula is C35H43N3O2. The molecule has 0 aliphatic rings. The average Bonchev–Trinajstić information content (AvgIpc) is 3.46. The maximum atomic E-state index is 13.3. The van der Waals surface area contributed by atoms with Crippen molar-refractivity contribution in [1.82, 2.24) is 9.97 Å². The van der Waals surface area contributed by atoms with Crippen LogP contribution in [0, 0.1) is 0 Å². The number of imidazole rings is 1. The van der Waals surface area contributed by atoms with E-state index >= 15 is 0 Å². The molecule has 0 fully saturated rings. The van der Waals surface area contributed by atoms with Crippen molar-refractivity contribution >= 4 is 11.8 Å². The Hall–Kier alpha value is -3.86. The number of hydrogen-bond donors (Lipinski definition) is 2. The van der Waals surface area contributed by atoms with Gasteiger partial charge in [-0.05, 0) is 52.8 Å². The Kier molecular flexibility index (Phi) is 8.82. The van der Waals surface area contributed by atoms with Crippen LogP contribution in [-0.2, 0) is 15.6 Å². The van der Waals surface area contributed by atoms with Crippen LogP contribution in [0.1, 0.15) is 90.5 Å². The van der Waals surface area contributed by atoms with Crippen LogP contribution in [0.15, 0.2) is 79.0 Å². The van der Waals surface area contributed by atoms with Crippen molar-refractivity contribution in [2.24, 2.45) is 0 Å². The first kappa shape index (κ1) is 29.1. The molecular weight excluding hydrogens is 494 g/mol. The quantitative estimate of drug-likeness (QED) is 0.211. The number of carbonyl (C=O) groups is 1. The monoisotopic (exact) mass is 537 g/mol. The molecule has 0 aliphatic carbocycles. The highest BCUT2D eigenvalue weighted by atomic mass is 16.6. The summed E-state index contributed by atoms with van der Waals surface area (Å²) in [5.74, 6) is 0.778. The molecule has 1 unspecified atom stereocenters. The fraction of sp³-hybridized carbons (Fsp3) is 0.371. The number of nitrogens with one attached hydrogen (secondary N) is 2. The van der Waals surface area contributed by atoms with E-state index < -0.39 is 6.09 Å². The Labute approximate surface area is 239 Å². The zero-order valence-electron chi connectivity index (χ0n) is 25.0. The normalized spacial score (nSPS) is 12.7. The number of aromatic nitrogens is 2. The molecule has 5 heteroatoms. The third kappa shape index (κ3) is 6.30. The van der Waals surface area contributed by atoms with Crippen LogP contribution in [0.5, 0.6) is 0 Å². The number of benzene rings is 3. The molecule has 4 rings (SSSR count). The lowest BCUT2D eigenvalue weighted by molar-refractivity contribution is 0.107. The molecule has 40 heavy (non-hydrogen) atoms. The Morgan fingerprint density at radius 3 is 2.25 bits per heavy atom. The van der Waals surface area contributed by atoms with Crippen molar-refractivity contribution in [1.29, 1.82) is 0 Å². The van der Waals surface area contributed by atoms with Crippen LogP contribution in [0.3, 0.4) is 0 Å². The number of ether oxygens (including phenoxy) is 1. The van der Waals surface area contributed by atoms with Crippen molar-refractivity contribution in [2.75, 3.05) is 5.32 Å². The lowest BCUT2D eigenvalue weighted by Gasteiger charge is -2.32. The number of rotatable bonds is 10. The predicted octanol–water partition coefficient (Wildman–Crippen LogP) is 9.82. The minimum absolute atomic E-state index is 0.0495. The minimum Gasteiger partial charge on any atom is -0.441 e. The Bertz CT molecular complexity index is 1440. The molecule has 1 atom stereocenters. The number of para-hydroxylation sites is 1. The Morgan fingerprint density at radius 1 is 0.900 bits per heavy atom. The van der Waals surface area contributed by atoms with Crippen LogP contribution in [0.2, 0.25) is 0 Å². The van der Waals surface area contributed by atoms with Crippen molar-refractivity contribution in [3.05, 3.63) is 95.7 Å². The van der Waals surface area contributed by atoms with Crippen molar-refractivity contribution in [2.45, 2.75) is 84.7 Å². The third-order valence-electron chi connectivity index (χ3n) is 8.38. The Balaban J connectivity index is 1.59. The van der Waals surface area contributed by atoms with Crippen molar-refractivity contribution < 1.29 is 9.53 Å². The zero-order chi connectivity index (χ0) is 28.9. The zero-order valence-corrected chi connectivity index (χ0v) is 25.0. The van der Waals surface area contributed by atoms with Gasteiger partial charge in [-0.2, -0.15) is 0 Å². The molecule has 3 aromatic carbocycles. The van der Waals surface area contributed by atoms with E-state index in [4.69, 9.17) is 4.74 Å². The van der Waals surface area contributed by atoms with Gasteiger partial charge in [0.05, 0.1) is 17.6 Å². The van der Waals surface area contributed by atoms with Gasteiger partial charge in [0, 0.05) is 11.1 Å². The molecule has 0 bridgehead atoms. The molecule has 2 N–H and O–H groups in total. The summed E-state index contributed by atoms with van der Waals surface area (Å²) in [7, 11) is 0. The van der Waals surface area contributed by atoms with Crippen LogP contribution < -0.4 is 5.32 Å². The van der Waals surface area contributed by atoms with Gasteiger partial charge in [0.15, 0.2) is 0 Å². The fourth-order valence-electron chi connectivity index (χ4n) is 4.90. The predicted molar refractivity (Wildman–Crippen MR) is 166 cm³/mol. The minimum atomic E-state index is -0.472. The topological polar surface area (TPSA) is 67.0 Å². The van der Waals surface area contributed by atoms with Gasteiger partial charge in [-0.1, -0.05) is 115 Å². The molecule has 0 saturated carbocycles. The summed E-state index contributed by atoms with van der Waals surface area (Å²) in [5, 5.41) is 3.00. The molecule has 1 heterocycles. The number of nitrogens with zero attached hydrogens (tertiary/aromatic N) is 1. The van der Waals surface area contributed by atoms with Gasteiger partial charge in [-0.3, -0.25) is 5.32 Å². The number of carbonyl (C=O) groups excluding carboxylic acids is 1. The van der Waals surface area contributed by atoms with Gasteiger partial charge in [0.25, 0.3) is 0 Å². The van der Waals surface area contributed by atoms with Crippen molar-refractivity contribution in [3.8, 4) is 22.6 Å². The summed E-state index contributed by atoms with van der Waals surface area (Å²) in [5.41, 5.74) is 7.01. The van der Waals surface area contributed by atoms with Crippen molar-refractivity contribution in [3.63, 3.8) is 0 Å². The highest BCUT2D eigenvalue weighted by Crippen LogP contribution is 2.39. The van der Waals surface area contributed by atoms with Gasteiger partial charge in [0.1, 0.15) is 11.9 Å². The first-order valence-corrected chi connectivity index (χ1v) is 14.4. The summed E-state index contributed by atoms with van der Waals surface area (Å²) in [4.78, 5) is 21.3. The second-order valence-electron chi connectivity index (χ2n) is 11.8. The molecule has 5 nitrogen and oxygen atoms in total. The molecule has 1 aromatic heterocycles. The number of aromatic amines is 1. The highest BCUT2D eigenvalue weighted by Gasteiger charge is 2.29. The molecule has 0 spiro atoms. The molecule has 0 saturated heterocycles. The molecule has 1 amide bonds. The van der Waals surface area contributed by atoms with Gasteiger partial charge >= 0.3 is 6.09 Å². The van der Waals surface area contributed by atoms with E-state index in [-0.39, 0.29) is 16.9 Å². The summed E-state index contributed by atoms with van der Waals surface area (Å²) in [6.07, 6.45) is 3.68. The second-order valence-corrected chi connectivity index (χ2v) is 11.8. The van der Waals surface area contributed by atoms with Gasteiger partial charge in [-0.25, -0.2) is 9.78 Å². The lowest BCUT2D eigenvalue weighted by atomic mass is 9.74. The maximum absolute atomic E-state index is 13.3.